The number of nitro groups is 1. The van der Waals surface area contributed by atoms with Crippen molar-refractivity contribution in [3.8, 4) is 11.5 Å². The van der Waals surface area contributed by atoms with E-state index < -0.39 is 16.4 Å². The summed E-state index contributed by atoms with van der Waals surface area (Å²) in [6.07, 6.45) is 0. The molecule has 2 rings (SSSR count). The molecule has 0 bridgehead atoms. The van der Waals surface area contributed by atoms with Crippen molar-refractivity contribution in [1.29, 1.82) is 0 Å². The van der Waals surface area contributed by atoms with Gasteiger partial charge >= 0.3 is 5.69 Å². The first-order chi connectivity index (χ1) is 10.0. The third-order valence-corrected chi connectivity index (χ3v) is 2.94. The minimum atomic E-state index is -0.917. The Morgan fingerprint density at radius 2 is 2.05 bits per heavy atom. The van der Waals surface area contributed by atoms with Gasteiger partial charge in [-0.3, -0.25) is 10.1 Å². The number of methoxy groups -OCH3 is 1. The minimum Gasteiger partial charge on any atom is -0.504 e. The van der Waals surface area contributed by atoms with Gasteiger partial charge in [0.15, 0.2) is 11.5 Å². The molecule has 0 fully saturated rings. The molecular formula is C14H13FN2O4. The van der Waals surface area contributed by atoms with Gasteiger partial charge in [-0.1, -0.05) is 18.2 Å². The number of nitrogens with zero attached hydrogens (tertiary/aromatic N) is 1. The second-order valence-electron chi connectivity index (χ2n) is 4.21. The van der Waals surface area contributed by atoms with Gasteiger partial charge in [-0.25, -0.2) is 0 Å². The van der Waals surface area contributed by atoms with Crippen molar-refractivity contribution in [1.82, 2.24) is 0 Å². The summed E-state index contributed by atoms with van der Waals surface area (Å²) in [6, 6.07) is 8.69. The van der Waals surface area contributed by atoms with Crippen LogP contribution in [-0.4, -0.2) is 17.1 Å². The quantitative estimate of drug-likeness (QED) is 0.653. The number of hydrogen-bond donors (Lipinski definition) is 2. The molecule has 0 heterocycles. The van der Waals surface area contributed by atoms with E-state index in [4.69, 9.17) is 4.74 Å². The maximum atomic E-state index is 13.5. The number of aromatic hydroxyl groups is 1. The third kappa shape index (κ3) is 3.02. The van der Waals surface area contributed by atoms with Crippen LogP contribution in [0.4, 0.5) is 15.8 Å². The molecule has 0 saturated carbocycles. The van der Waals surface area contributed by atoms with E-state index in [9.17, 15) is 19.6 Å². The number of halogens is 1. The predicted molar refractivity (Wildman–Crippen MR) is 75.0 cm³/mol. The number of anilines is 1. The smallest absolute Gasteiger partial charge is 0.327 e. The summed E-state index contributed by atoms with van der Waals surface area (Å²) in [7, 11) is 1.42. The number of hydrogen-bond acceptors (Lipinski definition) is 5. The fraction of sp³-hybridized carbons (Fsp3) is 0.143. The van der Waals surface area contributed by atoms with E-state index in [1.807, 2.05) is 0 Å². The molecule has 0 saturated heterocycles. The number of ether oxygens (including phenoxy) is 1. The normalized spacial score (nSPS) is 10.2. The van der Waals surface area contributed by atoms with Crippen molar-refractivity contribution in [2.75, 3.05) is 12.4 Å². The summed E-state index contributed by atoms with van der Waals surface area (Å²) < 4.78 is 18.4. The number of nitro benzene ring substituents is 1. The standard InChI is InChI=1S/C14H13FN2O4/c1-21-12-7-2-4-9(14(12)18)8-16-11-6-3-5-10(15)13(11)17(19)20/h2-7,16,18H,8H2,1H3. The predicted octanol–water partition coefficient (Wildman–Crippen LogP) is 3.06. The highest BCUT2D eigenvalue weighted by atomic mass is 19.1. The summed E-state index contributed by atoms with van der Waals surface area (Å²) in [5, 5.41) is 23.6. The van der Waals surface area contributed by atoms with Crippen LogP contribution in [0.2, 0.25) is 0 Å². The molecule has 0 aliphatic rings. The van der Waals surface area contributed by atoms with Gasteiger partial charge in [-0.2, -0.15) is 4.39 Å². The number of nitrogens with one attached hydrogen (secondary N) is 1. The second kappa shape index (κ2) is 6.08. The molecular weight excluding hydrogens is 279 g/mol. The molecule has 0 spiro atoms. The zero-order valence-electron chi connectivity index (χ0n) is 11.2. The number of phenols is 1. The molecule has 21 heavy (non-hydrogen) atoms. The first-order valence-electron chi connectivity index (χ1n) is 6.06. The second-order valence-corrected chi connectivity index (χ2v) is 4.21. The number of benzene rings is 2. The summed E-state index contributed by atoms with van der Waals surface area (Å²) in [4.78, 5) is 10.1. The summed E-state index contributed by atoms with van der Waals surface area (Å²) in [5.41, 5.74) is -0.102. The molecule has 0 aliphatic carbocycles. The molecule has 2 N–H and O–H groups in total. The molecule has 0 amide bonds. The summed E-state index contributed by atoms with van der Waals surface area (Å²) in [5.74, 6) is -0.686. The Labute approximate surface area is 119 Å². The van der Waals surface area contributed by atoms with Gasteiger partial charge < -0.3 is 15.2 Å². The topological polar surface area (TPSA) is 84.6 Å². The minimum absolute atomic E-state index is 0.0437. The Bertz CT molecular complexity index is 676. The lowest BCUT2D eigenvalue weighted by Gasteiger charge is -2.11. The Balaban J connectivity index is 2.25. The zero-order chi connectivity index (χ0) is 15.4. The van der Waals surface area contributed by atoms with Gasteiger partial charge in [0.25, 0.3) is 0 Å². The van der Waals surface area contributed by atoms with Crippen LogP contribution < -0.4 is 10.1 Å². The number of para-hydroxylation sites is 2. The van der Waals surface area contributed by atoms with Crippen molar-refractivity contribution in [2.45, 2.75) is 6.54 Å². The van der Waals surface area contributed by atoms with E-state index >= 15 is 0 Å². The number of rotatable bonds is 5. The van der Waals surface area contributed by atoms with E-state index in [2.05, 4.69) is 5.32 Å². The molecule has 0 atom stereocenters. The molecule has 2 aromatic carbocycles. The van der Waals surface area contributed by atoms with E-state index in [1.165, 1.54) is 19.2 Å². The first kappa shape index (κ1) is 14.6. The lowest BCUT2D eigenvalue weighted by molar-refractivity contribution is -0.386. The van der Waals surface area contributed by atoms with Crippen LogP contribution in [0.15, 0.2) is 36.4 Å². The fourth-order valence-electron chi connectivity index (χ4n) is 1.91. The van der Waals surface area contributed by atoms with E-state index in [0.29, 0.717) is 11.3 Å². The summed E-state index contributed by atoms with van der Waals surface area (Å²) >= 11 is 0. The Kier molecular flexibility index (Phi) is 4.22. The molecule has 110 valence electrons. The third-order valence-electron chi connectivity index (χ3n) is 2.94. The lowest BCUT2D eigenvalue weighted by Crippen LogP contribution is -2.04. The largest absolute Gasteiger partial charge is 0.504 e. The van der Waals surface area contributed by atoms with Crippen molar-refractivity contribution in [3.63, 3.8) is 0 Å². The molecule has 0 radical (unpaired) electrons. The van der Waals surface area contributed by atoms with Crippen LogP contribution in [-0.2, 0) is 6.54 Å². The van der Waals surface area contributed by atoms with Crippen molar-refractivity contribution < 1.29 is 19.2 Å². The molecule has 2 aromatic rings. The van der Waals surface area contributed by atoms with Crippen molar-refractivity contribution in [2.24, 2.45) is 0 Å². The van der Waals surface area contributed by atoms with Crippen LogP contribution in [0.1, 0.15) is 5.56 Å². The van der Waals surface area contributed by atoms with E-state index in [0.717, 1.165) is 6.07 Å². The van der Waals surface area contributed by atoms with Crippen molar-refractivity contribution >= 4 is 11.4 Å². The van der Waals surface area contributed by atoms with Crippen LogP contribution in [0, 0.1) is 15.9 Å². The highest BCUT2D eigenvalue weighted by molar-refractivity contribution is 5.62. The van der Waals surface area contributed by atoms with E-state index in [1.54, 1.807) is 18.2 Å². The Hall–Kier alpha value is -2.83. The SMILES string of the molecule is COc1cccc(CNc2cccc(F)c2[N+](=O)[O-])c1O. The highest BCUT2D eigenvalue weighted by Gasteiger charge is 2.19. The monoisotopic (exact) mass is 292 g/mol. The molecule has 0 aliphatic heterocycles. The highest BCUT2D eigenvalue weighted by Crippen LogP contribution is 2.32. The average molecular weight is 292 g/mol. The lowest BCUT2D eigenvalue weighted by atomic mass is 10.1. The van der Waals surface area contributed by atoms with Crippen LogP contribution in [0.5, 0.6) is 11.5 Å². The summed E-state index contributed by atoms with van der Waals surface area (Å²) in [6.45, 7) is 0.0906. The van der Waals surface area contributed by atoms with Gasteiger partial charge in [0.1, 0.15) is 5.69 Å². The zero-order valence-corrected chi connectivity index (χ0v) is 11.2. The van der Waals surface area contributed by atoms with Crippen LogP contribution in [0.25, 0.3) is 0 Å². The molecule has 0 unspecified atom stereocenters. The van der Waals surface area contributed by atoms with Gasteiger partial charge in [-0.15, -0.1) is 0 Å². The first-order valence-corrected chi connectivity index (χ1v) is 6.06. The number of phenolic OH excluding ortho intramolecular Hbond substituents is 1. The van der Waals surface area contributed by atoms with Crippen molar-refractivity contribution in [3.05, 3.63) is 57.9 Å². The van der Waals surface area contributed by atoms with Crippen LogP contribution >= 0.6 is 0 Å². The van der Waals surface area contributed by atoms with Crippen LogP contribution in [0.3, 0.4) is 0 Å². The molecule has 7 heteroatoms. The maximum absolute atomic E-state index is 13.5. The Morgan fingerprint density at radius 3 is 2.71 bits per heavy atom. The fourth-order valence-corrected chi connectivity index (χ4v) is 1.91. The maximum Gasteiger partial charge on any atom is 0.327 e. The average Bonchev–Trinajstić information content (AvgIpc) is 2.45. The Morgan fingerprint density at radius 1 is 1.33 bits per heavy atom. The molecule has 6 nitrogen and oxygen atoms in total. The molecule has 0 aromatic heterocycles. The van der Waals surface area contributed by atoms with E-state index in [-0.39, 0.29) is 18.0 Å². The van der Waals surface area contributed by atoms with Gasteiger partial charge in [0.2, 0.25) is 5.82 Å². The van der Waals surface area contributed by atoms with Gasteiger partial charge in [0, 0.05) is 12.1 Å². The van der Waals surface area contributed by atoms with Gasteiger partial charge in [-0.05, 0) is 18.2 Å². The van der Waals surface area contributed by atoms with Gasteiger partial charge in [0.05, 0.1) is 12.0 Å².